The summed E-state index contributed by atoms with van der Waals surface area (Å²) in [4.78, 5) is 14.5. The Morgan fingerprint density at radius 2 is 1.83 bits per heavy atom. The van der Waals surface area contributed by atoms with E-state index in [1.54, 1.807) is 24.3 Å². The standard InChI is InChI=1S/C21H28N4O3S.ClH/c1-3-21(26)25-15(2)14-19(18-6-4-5-7-20(18)25)24-16-8-10-17(11-9-16)29(27,28)23-13-12-22;/h4-11,15,19,23-24H,3,12-14,22H2,1-2H3;1H/t15-,19+;/m0./s1. The third-order valence-corrected chi connectivity index (χ3v) is 6.58. The molecule has 0 saturated heterocycles. The third-order valence-electron chi connectivity index (χ3n) is 5.10. The van der Waals surface area contributed by atoms with Crippen molar-refractivity contribution in [3.63, 3.8) is 0 Å². The van der Waals surface area contributed by atoms with Gasteiger partial charge >= 0.3 is 0 Å². The highest BCUT2D eigenvalue weighted by Gasteiger charge is 2.32. The fourth-order valence-electron chi connectivity index (χ4n) is 3.71. The number of fused-ring (bicyclic) bond motifs is 1. The molecular formula is C21H29ClN4O3S. The zero-order valence-corrected chi connectivity index (χ0v) is 18.8. The highest BCUT2D eigenvalue weighted by Crippen LogP contribution is 2.39. The number of para-hydroxylation sites is 1. The number of halogens is 1. The molecule has 1 aliphatic rings. The fourth-order valence-corrected chi connectivity index (χ4v) is 4.76. The summed E-state index contributed by atoms with van der Waals surface area (Å²) in [5, 5.41) is 3.49. The summed E-state index contributed by atoms with van der Waals surface area (Å²) in [7, 11) is -3.55. The second-order valence-corrected chi connectivity index (χ2v) is 8.94. The molecular weight excluding hydrogens is 424 g/mol. The second-order valence-electron chi connectivity index (χ2n) is 7.17. The first kappa shape index (κ1) is 24.1. The predicted octanol–water partition coefficient (Wildman–Crippen LogP) is 3.03. The van der Waals surface area contributed by atoms with Crippen LogP contribution >= 0.6 is 12.4 Å². The minimum atomic E-state index is -3.55. The number of sulfonamides is 1. The van der Waals surface area contributed by atoms with Gasteiger partial charge in [-0.2, -0.15) is 0 Å². The largest absolute Gasteiger partial charge is 0.378 e. The van der Waals surface area contributed by atoms with Crippen molar-refractivity contribution in [2.45, 2.75) is 43.7 Å². The number of hydrogen-bond acceptors (Lipinski definition) is 5. The van der Waals surface area contributed by atoms with Crippen molar-refractivity contribution in [2.24, 2.45) is 5.73 Å². The van der Waals surface area contributed by atoms with Crippen molar-refractivity contribution in [3.05, 3.63) is 54.1 Å². The summed E-state index contributed by atoms with van der Waals surface area (Å²) in [6.07, 6.45) is 1.23. The van der Waals surface area contributed by atoms with Crippen LogP contribution in [0.2, 0.25) is 0 Å². The molecule has 0 aromatic heterocycles. The Hall–Kier alpha value is -2.13. The van der Waals surface area contributed by atoms with Crippen LogP contribution in [0.4, 0.5) is 11.4 Å². The zero-order valence-electron chi connectivity index (χ0n) is 17.2. The molecule has 0 saturated carbocycles. The molecule has 30 heavy (non-hydrogen) atoms. The van der Waals surface area contributed by atoms with Crippen molar-refractivity contribution < 1.29 is 13.2 Å². The fraction of sp³-hybridized carbons (Fsp3) is 0.381. The Bertz CT molecular complexity index is 966. The molecule has 7 nitrogen and oxygen atoms in total. The van der Waals surface area contributed by atoms with E-state index in [2.05, 4.69) is 17.0 Å². The van der Waals surface area contributed by atoms with E-state index >= 15 is 0 Å². The molecule has 0 spiro atoms. The summed E-state index contributed by atoms with van der Waals surface area (Å²) >= 11 is 0. The van der Waals surface area contributed by atoms with Crippen LogP contribution in [-0.4, -0.2) is 33.5 Å². The molecule has 1 amide bonds. The lowest BCUT2D eigenvalue weighted by molar-refractivity contribution is -0.118. The zero-order chi connectivity index (χ0) is 21.0. The van der Waals surface area contributed by atoms with Crippen LogP contribution < -0.4 is 20.7 Å². The minimum Gasteiger partial charge on any atom is -0.378 e. The van der Waals surface area contributed by atoms with Gasteiger partial charge in [-0.3, -0.25) is 4.79 Å². The van der Waals surface area contributed by atoms with E-state index in [9.17, 15) is 13.2 Å². The van der Waals surface area contributed by atoms with E-state index < -0.39 is 10.0 Å². The minimum absolute atomic E-state index is 0. The number of rotatable bonds is 7. The smallest absolute Gasteiger partial charge is 0.240 e. The van der Waals surface area contributed by atoms with E-state index in [4.69, 9.17) is 5.73 Å². The van der Waals surface area contributed by atoms with Gasteiger partial charge in [-0.1, -0.05) is 25.1 Å². The van der Waals surface area contributed by atoms with Gasteiger partial charge in [0.2, 0.25) is 15.9 Å². The maximum absolute atomic E-state index is 12.4. The molecule has 0 aliphatic carbocycles. The third kappa shape index (κ3) is 5.13. The van der Waals surface area contributed by atoms with Crippen LogP contribution in [0.1, 0.15) is 38.3 Å². The highest BCUT2D eigenvalue weighted by molar-refractivity contribution is 7.89. The average molecular weight is 453 g/mol. The second kappa shape index (κ2) is 10.3. The van der Waals surface area contributed by atoms with Gasteiger partial charge in [0.15, 0.2) is 0 Å². The Morgan fingerprint density at radius 3 is 2.47 bits per heavy atom. The molecule has 164 valence electrons. The van der Waals surface area contributed by atoms with Gasteiger partial charge in [0.1, 0.15) is 0 Å². The molecule has 9 heteroatoms. The van der Waals surface area contributed by atoms with E-state index in [1.807, 2.05) is 36.1 Å². The lowest BCUT2D eigenvalue weighted by Crippen LogP contribution is -2.44. The number of nitrogens with zero attached hydrogens (tertiary/aromatic N) is 1. The number of amides is 1. The number of anilines is 2. The average Bonchev–Trinajstić information content (AvgIpc) is 2.72. The Morgan fingerprint density at radius 1 is 1.17 bits per heavy atom. The van der Waals surface area contributed by atoms with Gasteiger partial charge in [-0.15, -0.1) is 12.4 Å². The predicted molar refractivity (Wildman–Crippen MR) is 123 cm³/mol. The van der Waals surface area contributed by atoms with Crippen LogP contribution in [0, 0.1) is 0 Å². The van der Waals surface area contributed by atoms with Gasteiger partial charge < -0.3 is 16.0 Å². The Kier molecular flexibility index (Phi) is 8.25. The summed E-state index contributed by atoms with van der Waals surface area (Å²) in [6, 6.07) is 14.7. The molecule has 0 fully saturated rings. The Balaban J connectivity index is 0.00000320. The Labute approximate surface area is 184 Å². The highest BCUT2D eigenvalue weighted by atomic mass is 35.5. The van der Waals surface area contributed by atoms with Crippen LogP contribution in [0.5, 0.6) is 0 Å². The lowest BCUT2D eigenvalue weighted by Gasteiger charge is -2.40. The number of hydrogen-bond donors (Lipinski definition) is 3. The SMILES string of the molecule is CCC(=O)N1c2ccccc2[C@H](Nc2ccc(S(=O)(=O)NCCN)cc2)C[C@@H]1C.Cl. The number of benzene rings is 2. The normalized spacial score (nSPS) is 18.3. The number of nitrogens with one attached hydrogen (secondary N) is 2. The van der Waals surface area contributed by atoms with Gasteiger partial charge in [0.25, 0.3) is 0 Å². The quantitative estimate of drug-likeness (QED) is 0.598. The topological polar surface area (TPSA) is 105 Å². The van der Waals surface area contributed by atoms with Crippen LogP contribution in [0.3, 0.4) is 0 Å². The molecule has 1 aliphatic heterocycles. The van der Waals surface area contributed by atoms with Crippen molar-refractivity contribution >= 4 is 39.7 Å². The van der Waals surface area contributed by atoms with Gasteiger partial charge in [-0.25, -0.2) is 13.1 Å². The number of nitrogens with two attached hydrogens (primary N) is 1. The summed E-state index contributed by atoms with van der Waals surface area (Å²) in [5.74, 6) is 0.114. The summed E-state index contributed by atoms with van der Waals surface area (Å²) in [6.45, 7) is 4.37. The number of carbonyl (C=O) groups excluding carboxylic acids is 1. The molecule has 4 N–H and O–H groups in total. The summed E-state index contributed by atoms with van der Waals surface area (Å²) < 4.78 is 26.9. The van der Waals surface area contributed by atoms with Crippen LogP contribution in [0.15, 0.2) is 53.4 Å². The van der Waals surface area contributed by atoms with E-state index in [-0.39, 0.29) is 48.4 Å². The molecule has 2 aromatic rings. The first-order valence-corrected chi connectivity index (χ1v) is 11.3. The molecule has 2 atom stereocenters. The van der Waals surface area contributed by atoms with E-state index in [0.717, 1.165) is 23.4 Å². The van der Waals surface area contributed by atoms with Gasteiger partial charge in [0, 0.05) is 36.9 Å². The van der Waals surface area contributed by atoms with Crippen molar-refractivity contribution in [2.75, 3.05) is 23.3 Å². The summed E-state index contributed by atoms with van der Waals surface area (Å²) in [5.41, 5.74) is 8.19. The van der Waals surface area contributed by atoms with Crippen molar-refractivity contribution in [3.8, 4) is 0 Å². The van der Waals surface area contributed by atoms with Gasteiger partial charge in [-0.05, 0) is 49.2 Å². The van der Waals surface area contributed by atoms with Gasteiger partial charge in [0.05, 0.1) is 10.9 Å². The maximum atomic E-state index is 12.4. The van der Waals surface area contributed by atoms with E-state index in [1.165, 1.54) is 0 Å². The van der Waals surface area contributed by atoms with Crippen LogP contribution in [0.25, 0.3) is 0 Å². The maximum Gasteiger partial charge on any atom is 0.240 e. The van der Waals surface area contributed by atoms with Crippen molar-refractivity contribution in [1.29, 1.82) is 0 Å². The number of carbonyl (C=O) groups is 1. The monoisotopic (exact) mass is 452 g/mol. The van der Waals surface area contributed by atoms with E-state index in [0.29, 0.717) is 6.42 Å². The van der Waals surface area contributed by atoms with Crippen LogP contribution in [-0.2, 0) is 14.8 Å². The first-order valence-electron chi connectivity index (χ1n) is 9.84. The molecule has 0 unspecified atom stereocenters. The van der Waals surface area contributed by atoms with Crippen molar-refractivity contribution in [1.82, 2.24) is 4.72 Å². The molecule has 0 bridgehead atoms. The molecule has 2 aromatic carbocycles. The lowest BCUT2D eigenvalue weighted by atomic mass is 9.91. The molecule has 1 heterocycles. The first-order chi connectivity index (χ1) is 13.9. The molecule has 0 radical (unpaired) electrons. The molecule has 3 rings (SSSR count).